The number of ketones is 1. The number of pyridine rings is 1. The second-order valence-electron chi connectivity index (χ2n) is 6.74. The SMILES string of the molecule is Cc1cc(C(=O)Cc2cccc([C@H](C)Sc3nncn3C)c2)nc(C(F)(F)F)c1. The molecule has 9 heteroatoms. The number of rotatable bonds is 6. The van der Waals surface area contributed by atoms with Gasteiger partial charge < -0.3 is 4.57 Å². The number of carbonyl (C=O) groups excluding carboxylic acids is 1. The first-order chi connectivity index (χ1) is 13.6. The Labute approximate surface area is 170 Å². The summed E-state index contributed by atoms with van der Waals surface area (Å²) in [6.45, 7) is 3.53. The summed E-state index contributed by atoms with van der Waals surface area (Å²) >= 11 is 1.53. The highest BCUT2D eigenvalue weighted by atomic mass is 32.2. The quantitative estimate of drug-likeness (QED) is 0.423. The molecular formula is C20H19F3N4OS. The van der Waals surface area contributed by atoms with Gasteiger partial charge in [-0.2, -0.15) is 13.2 Å². The molecule has 0 saturated heterocycles. The highest BCUT2D eigenvalue weighted by molar-refractivity contribution is 7.99. The van der Waals surface area contributed by atoms with Crippen LogP contribution in [0.2, 0.25) is 0 Å². The molecular weight excluding hydrogens is 401 g/mol. The first-order valence-electron chi connectivity index (χ1n) is 8.82. The van der Waals surface area contributed by atoms with Crippen molar-refractivity contribution >= 4 is 17.5 Å². The summed E-state index contributed by atoms with van der Waals surface area (Å²) in [4.78, 5) is 16.1. The molecule has 0 aliphatic carbocycles. The van der Waals surface area contributed by atoms with Gasteiger partial charge in [0, 0.05) is 18.7 Å². The average Bonchev–Trinajstić information content (AvgIpc) is 3.05. The number of halogens is 3. The molecule has 0 aliphatic heterocycles. The summed E-state index contributed by atoms with van der Waals surface area (Å²) in [5.41, 5.74) is 0.817. The Morgan fingerprint density at radius 1 is 1.24 bits per heavy atom. The molecule has 29 heavy (non-hydrogen) atoms. The zero-order valence-electron chi connectivity index (χ0n) is 16.1. The van der Waals surface area contributed by atoms with Crippen molar-refractivity contribution in [3.63, 3.8) is 0 Å². The number of hydrogen-bond donors (Lipinski definition) is 0. The third-order valence-corrected chi connectivity index (χ3v) is 5.49. The predicted octanol–water partition coefficient (Wildman–Crippen LogP) is 4.82. The molecule has 2 aromatic heterocycles. The monoisotopic (exact) mass is 420 g/mol. The van der Waals surface area contributed by atoms with Gasteiger partial charge in [0.05, 0.1) is 0 Å². The molecule has 3 aromatic rings. The van der Waals surface area contributed by atoms with E-state index in [4.69, 9.17) is 0 Å². The molecule has 0 saturated carbocycles. The van der Waals surface area contributed by atoms with Gasteiger partial charge in [0.25, 0.3) is 0 Å². The molecule has 0 spiro atoms. The summed E-state index contributed by atoms with van der Waals surface area (Å²) in [5, 5.41) is 8.72. The Balaban J connectivity index is 1.77. The Morgan fingerprint density at radius 2 is 2.00 bits per heavy atom. The van der Waals surface area contributed by atoms with E-state index in [1.54, 1.807) is 12.4 Å². The molecule has 0 aliphatic rings. The summed E-state index contributed by atoms with van der Waals surface area (Å²) in [7, 11) is 1.86. The van der Waals surface area contributed by atoms with Crippen LogP contribution < -0.4 is 0 Å². The third kappa shape index (κ3) is 5.23. The van der Waals surface area contributed by atoms with E-state index in [-0.39, 0.29) is 17.4 Å². The van der Waals surface area contributed by atoms with E-state index in [1.165, 1.54) is 24.8 Å². The summed E-state index contributed by atoms with van der Waals surface area (Å²) in [5.74, 6) is -0.454. The van der Waals surface area contributed by atoms with E-state index in [9.17, 15) is 18.0 Å². The van der Waals surface area contributed by atoms with Crippen molar-refractivity contribution in [3.8, 4) is 0 Å². The van der Waals surface area contributed by atoms with Gasteiger partial charge in [-0.05, 0) is 42.7 Å². The number of carbonyl (C=O) groups is 1. The van der Waals surface area contributed by atoms with Crippen LogP contribution in [0.1, 0.15) is 45.0 Å². The van der Waals surface area contributed by atoms with Crippen LogP contribution in [-0.2, 0) is 19.6 Å². The number of aromatic nitrogens is 4. The normalized spacial score (nSPS) is 12.8. The lowest BCUT2D eigenvalue weighted by atomic mass is 10.0. The van der Waals surface area contributed by atoms with Crippen molar-refractivity contribution in [2.24, 2.45) is 7.05 Å². The lowest BCUT2D eigenvalue weighted by Crippen LogP contribution is -2.14. The molecule has 2 heterocycles. The van der Waals surface area contributed by atoms with Crippen LogP contribution in [0.15, 0.2) is 47.9 Å². The highest BCUT2D eigenvalue weighted by Gasteiger charge is 2.33. The lowest BCUT2D eigenvalue weighted by molar-refractivity contribution is -0.141. The molecule has 152 valence electrons. The van der Waals surface area contributed by atoms with Crippen LogP contribution in [0.3, 0.4) is 0 Å². The minimum absolute atomic E-state index is 0.0249. The second-order valence-corrected chi connectivity index (χ2v) is 8.05. The number of alkyl halides is 3. The van der Waals surface area contributed by atoms with Gasteiger partial charge in [-0.1, -0.05) is 36.0 Å². The average molecular weight is 420 g/mol. The molecule has 5 nitrogen and oxygen atoms in total. The van der Waals surface area contributed by atoms with E-state index >= 15 is 0 Å². The molecule has 0 bridgehead atoms. The van der Waals surface area contributed by atoms with Crippen molar-refractivity contribution in [3.05, 3.63) is 70.8 Å². The summed E-state index contributed by atoms with van der Waals surface area (Å²) in [6, 6.07) is 9.75. The van der Waals surface area contributed by atoms with E-state index in [0.717, 1.165) is 22.3 Å². The van der Waals surface area contributed by atoms with Crippen LogP contribution >= 0.6 is 11.8 Å². The molecule has 0 amide bonds. The lowest BCUT2D eigenvalue weighted by Gasteiger charge is -2.12. The number of hydrogen-bond acceptors (Lipinski definition) is 5. The number of aryl methyl sites for hydroxylation is 2. The van der Waals surface area contributed by atoms with Crippen molar-refractivity contribution in [2.75, 3.05) is 0 Å². The van der Waals surface area contributed by atoms with Crippen molar-refractivity contribution < 1.29 is 18.0 Å². The van der Waals surface area contributed by atoms with Gasteiger partial charge in [0.1, 0.15) is 17.7 Å². The van der Waals surface area contributed by atoms with Gasteiger partial charge in [-0.3, -0.25) is 4.79 Å². The molecule has 0 N–H and O–H groups in total. The first-order valence-corrected chi connectivity index (χ1v) is 9.70. The fraction of sp³-hybridized carbons (Fsp3) is 0.300. The fourth-order valence-corrected chi connectivity index (χ4v) is 3.70. The molecule has 0 unspecified atom stereocenters. The summed E-state index contributed by atoms with van der Waals surface area (Å²) < 4.78 is 40.7. The molecule has 0 fully saturated rings. The molecule has 1 atom stereocenters. The van der Waals surface area contributed by atoms with E-state index in [1.807, 2.05) is 36.7 Å². The maximum absolute atomic E-state index is 13.0. The third-order valence-electron chi connectivity index (χ3n) is 4.28. The van der Waals surface area contributed by atoms with Crippen LogP contribution in [0, 0.1) is 6.92 Å². The summed E-state index contributed by atoms with van der Waals surface area (Å²) in [6.07, 6.45) is -3.00. The van der Waals surface area contributed by atoms with Gasteiger partial charge in [-0.25, -0.2) is 4.98 Å². The second kappa shape index (κ2) is 8.36. The number of nitrogens with zero attached hydrogens (tertiary/aromatic N) is 4. The maximum atomic E-state index is 13.0. The van der Waals surface area contributed by atoms with Crippen molar-refractivity contribution in [2.45, 2.75) is 36.9 Å². The fourth-order valence-electron chi connectivity index (χ4n) is 2.79. The van der Waals surface area contributed by atoms with Crippen LogP contribution in [-0.4, -0.2) is 25.5 Å². The van der Waals surface area contributed by atoms with E-state index in [2.05, 4.69) is 15.2 Å². The highest BCUT2D eigenvalue weighted by Crippen LogP contribution is 2.33. The predicted molar refractivity (Wildman–Crippen MR) is 104 cm³/mol. The Kier molecular flexibility index (Phi) is 6.07. The van der Waals surface area contributed by atoms with Crippen molar-refractivity contribution in [1.29, 1.82) is 0 Å². The largest absolute Gasteiger partial charge is 0.433 e. The Morgan fingerprint density at radius 3 is 2.66 bits per heavy atom. The van der Waals surface area contributed by atoms with E-state index < -0.39 is 17.7 Å². The zero-order valence-corrected chi connectivity index (χ0v) is 16.9. The van der Waals surface area contributed by atoms with Crippen molar-refractivity contribution in [1.82, 2.24) is 19.7 Å². The Bertz CT molecular complexity index is 1030. The number of benzene rings is 1. The molecule has 1 aromatic carbocycles. The minimum atomic E-state index is -4.59. The standard InChI is InChI=1S/C20H19F3N4OS/c1-12-7-16(25-18(8-12)20(21,22)23)17(28)10-14-5-4-6-15(9-14)13(2)29-19-26-24-11-27(19)3/h4-9,11,13H,10H2,1-3H3/t13-/m0/s1. The Hall–Kier alpha value is -2.68. The van der Waals surface area contributed by atoms with Gasteiger partial charge >= 0.3 is 6.18 Å². The van der Waals surface area contributed by atoms with Gasteiger partial charge in [0.15, 0.2) is 10.9 Å². The zero-order chi connectivity index (χ0) is 21.2. The topological polar surface area (TPSA) is 60.7 Å². The van der Waals surface area contributed by atoms with E-state index in [0.29, 0.717) is 5.56 Å². The van der Waals surface area contributed by atoms with Crippen LogP contribution in [0.25, 0.3) is 0 Å². The molecule has 3 rings (SSSR count). The number of Topliss-reactive ketones (excluding diaryl/α,β-unsaturated/α-hetero) is 1. The van der Waals surface area contributed by atoms with Crippen LogP contribution in [0.5, 0.6) is 0 Å². The first kappa shape index (κ1) is 21.0. The minimum Gasteiger partial charge on any atom is -0.312 e. The van der Waals surface area contributed by atoms with Crippen LogP contribution in [0.4, 0.5) is 13.2 Å². The smallest absolute Gasteiger partial charge is 0.312 e. The maximum Gasteiger partial charge on any atom is 0.433 e. The number of thioether (sulfide) groups is 1. The van der Waals surface area contributed by atoms with Gasteiger partial charge in [0.2, 0.25) is 0 Å². The van der Waals surface area contributed by atoms with Gasteiger partial charge in [-0.15, -0.1) is 10.2 Å². The molecule has 0 radical (unpaired) electrons.